The predicted octanol–water partition coefficient (Wildman–Crippen LogP) is 5.22. The molecule has 1 heterocycles. The predicted molar refractivity (Wildman–Crippen MR) is 125 cm³/mol. The fourth-order valence-electron chi connectivity index (χ4n) is 3.16. The van der Waals surface area contributed by atoms with Gasteiger partial charge in [0.1, 0.15) is 11.6 Å². The Balaban J connectivity index is 1.30. The number of rotatable bonds is 12. The second-order valence-electron chi connectivity index (χ2n) is 7.51. The summed E-state index contributed by atoms with van der Waals surface area (Å²) in [5, 5.41) is 6.49. The van der Waals surface area contributed by atoms with E-state index in [-0.39, 0.29) is 11.6 Å². The first-order valence-electron chi connectivity index (χ1n) is 10.7. The van der Waals surface area contributed by atoms with Gasteiger partial charge in [-0.3, -0.25) is 10.3 Å². The molecule has 1 aliphatic carbocycles. The number of aromatic nitrogens is 1. The molecule has 0 bridgehead atoms. The van der Waals surface area contributed by atoms with Crippen molar-refractivity contribution >= 4 is 5.70 Å². The lowest BCUT2D eigenvalue weighted by molar-refractivity contribution is 0.104. The minimum Gasteiger partial charge on any atom is -0.383 e. The first-order chi connectivity index (χ1) is 15.6. The molecule has 0 aliphatic heterocycles. The average Bonchev–Trinajstić information content (AvgIpc) is 3.01. The van der Waals surface area contributed by atoms with E-state index in [0.717, 1.165) is 47.5 Å². The van der Waals surface area contributed by atoms with E-state index in [0.29, 0.717) is 26.3 Å². The van der Waals surface area contributed by atoms with E-state index < -0.39 is 0 Å². The molecular formula is C26H29F2N3O. The van der Waals surface area contributed by atoms with Crippen LogP contribution in [0.3, 0.4) is 0 Å². The van der Waals surface area contributed by atoms with Gasteiger partial charge in [0, 0.05) is 19.3 Å². The van der Waals surface area contributed by atoms with Gasteiger partial charge in [-0.15, -0.1) is 0 Å². The Labute approximate surface area is 188 Å². The minimum absolute atomic E-state index is 0.192. The molecule has 4 nitrogen and oxygen atoms in total. The van der Waals surface area contributed by atoms with E-state index in [4.69, 9.17) is 4.74 Å². The molecule has 1 aromatic carbocycles. The maximum absolute atomic E-state index is 13.2. The maximum atomic E-state index is 13.2. The van der Waals surface area contributed by atoms with E-state index in [1.807, 2.05) is 24.3 Å². The van der Waals surface area contributed by atoms with E-state index in [2.05, 4.69) is 22.2 Å². The third-order valence-corrected chi connectivity index (χ3v) is 5.01. The Morgan fingerprint density at radius 2 is 1.78 bits per heavy atom. The first-order valence-corrected chi connectivity index (χ1v) is 10.7. The Hall–Kier alpha value is -3.09. The number of nitrogens with one attached hydrogen (secondary N) is 2. The lowest BCUT2D eigenvalue weighted by atomic mass is 10.1. The topological polar surface area (TPSA) is 46.2 Å². The van der Waals surface area contributed by atoms with Gasteiger partial charge in [-0.1, -0.05) is 36.9 Å². The fourth-order valence-corrected chi connectivity index (χ4v) is 3.16. The summed E-state index contributed by atoms with van der Waals surface area (Å²) in [5.74, 6) is -0.410. The largest absolute Gasteiger partial charge is 0.383 e. The highest BCUT2D eigenvalue weighted by Gasteiger charge is 2.03. The lowest BCUT2D eigenvalue weighted by Crippen LogP contribution is -2.20. The van der Waals surface area contributed by atoms with Gasteiger partial charge >= 0.3 is 0 Å². The summed E-state index contributed by atoms with van der Waals surface area (Å²) in [4.78, 5) is 4.45. The van der Waals surface area contributed by atoms with Gasteiger partial charge in [-0.05, 0) is 66.3 Å². The number of nitrogens with zero attached hydrogens (tertiary/aromatic N) is 1. The molecule has 0 fully saturated rings. The zero-order valence-corrected chi connectivity index (χ0v) is 18.1. The molecule has 3 rings (SSSR count). The second-order valence-corrected chi connectivity index (χ2v) is 7.51. The third kappa shape index (κ3) is 8.21. The summed E-state index contributed by atoms with van der Waals surface area (Å²) in [7, 11) is 0. The van der Waals surface area contributed by atoms with Crippen molar-refractivity contribution in [3.8, 4) is 0 Å². The number of allylic oxidation sites excluding steroid dienone is 5. The SMILES string of the molecule is C=C(NCCC1=CCC=C(F)C=C1)c1ccc(COCNCCc2ccc(F)cc2)cn1. The summed E-state index contributed by atoms with van der Waals surface area (Å²) in [5.41, 5.74) is 4.69. The van der Waals surface area contributed by atoms with Crippen LogP contribution in [0.1, 0.15) is 29.7 Å². The van der Waals surface area contributed by atoms with Gasteiger partial charge in [0.25, 0.3) is 0 Å². The molecule has 0 saturated carbocycles. The highest BCUT2D eigenvalue weighted by atomic mass is 19.1. The molecule has 0 amide bonds. The summed E-state index contributed by atoms with van der Waals surface area (Å²) in [6.45, 7) is 6.40. The van der Waals surface area contributed by atoms with Crippen LogP contribution in [0.25, 0.3) is 5.70 Å². The van der Waals surface area contributed by atoms with Gasteiger partial charge < -0.3 is 10.1 Å². The molecule has 0 atom stereocenters. The number of hydrogen-bond donors (Lipinski definition) is 2. The molecule has 0 spiro atoms. The minimum atomic E-state index is -0.218. The van der Waals surface area contributed by atoms with Gasteiger partial charge in [0.05, 0.1) is 24.7 Å². The molecule has 1 aliphatic rings. The number of benzene rings is 1. The summed E-state index contributed by atoms with van der Waals surface area (Å²) in [6.07, 6.45) is 10.9. The molecule has 0 saturated heterocycles. The third-order valence-electron chi connectivity index (χ3n) is 5.01. The van der Waals surface area contributed by atoms with Crippen LogP contribution in [0.4, 0.5) is 8.78 Å². The Bertz CT molecular complexity index is 964. The van der Waals surface area contributed by atoms with Crippen molar-refractivity contribution in [1.82, 2.24) is 15.6 Å². The molecule has 6 heteroatoms. The van der Waals surface area contributed by atoms with Crippen LogP contribution in [0.15, 0.2) is 84.9 Å². The quantitative estimate of drug-likeness (QED) is 0.353. The Morgan fingerprint density at radius 3 is 2.56 bits per heavy atom. The van der Waals surface area contributed by atoms with Crippen LogP contribution in [-0.4, -0.2) is 24.8 Å². The van der Waals surface area contributed by atoms with Crippen LogP contribution in [0, 0.1) is 5.82 Å². The summed E-state index contributed by atoms with van der Waals surface area (Å²) in [6, 6.07) is 10.4. The summed E-state index contributed by atoms with van der Waals surface area (Å²) >= 11 is 0. The molecule has 1 aromatic heterocycles. The fraction of sp³-hybridized carbons (Fsp3) is 0.269. The van der Waals surface area contributed by atoms with Crippen LogP contribution in [0.2, 0.25) is 0 Å². The van der Waals surface area contributed by atoms with E-state index in [1.165, 1.54) is 18.2 Å². The van der Waals surface area contributed by atoms with Crippen molar-refractivity contribution in [2.24, 2.45) is 0 Å². The van der Waals surface area contributed by atoms with E-state index >= 15 is 0 Å². The summed E-state index contributed by atoms with van der Waals surface area (Å²) < 4.78 is 31.7. The zero-order chi connectivity index (χ0) is 22.6. The molecule has 2 aromatic rings. The highest BCUT2D eigenvalue weighted by Crippen LogP contribution is 2.14. The molecule has 0 unspecified atom stereocenters. The Morgan fingerprint density at radius 1 is 0.969 bits per heavy atom. The van der Waals surface area contributed by atoms with Gasteiger partial charge in [0.15, 0.2) is 0 Å². The van der Waals surface area contributed by atoms with Gasteiger partial charge in [-0.2, -0.15) is 0 Å². The van der Waals surface area contributed by atoms with Gasteiger partial charge in [0.2, 0.25) is 0 Å². The van der Waals surface area contributed by atoms with Crippen molar-refractivity contribution in [1.29, 1.82) is 0 Å². The Kier molecular flexibility index (Phi) is 9.35. The first kappa shape index (κ1) is 23.6. The average molecular weight is 438 g/mol. The number of pyridine rings is 1. The zero-order valence-electron chi connectivity index (χ0n) is 18.1. The number of halogens is 2. The van der Waals surface area contributed by atoms with Crippen molar-refractivity contribution < 1.29 is 13.5 Å². The van der Waals surface area contributed by atoms with Crippen LogP contribution in [0.5, 0.6) is 0 Å². The number of ether oxygens (including phenoxy) is 1. The molecule has 2 N–H and O–H groups in total. The van der Waals surface area contributed by atoms with Gasteiger partial charge in [-0.25, -0.2) is 8.78 Å². The van der Waals surface area contributed by atoms with Crippen LogP contribution >= 0.6 is 0 Å². The molecule has 32 heavy (non-hydrogen) atoms. The lowest BCUT2D eigenvalue weighted by Gasteiger charge is -2.10. The monoisotopic (exact) mass is 437 g/mol. The number of hydrogen-bond acceptors (Lipinski definition) is 4. The van der Waals surface area contributed by atoms with Crippen molar-refractivity contribution in [3.63, 3.8) is 0 Å². The standard InChI is InChI=1S/C26H29F2N3O/c1-20(30-16-14-21-3-2-4-24(27)9-5-21)26-12-8-23(17-31-26)18-32-19-29-15-13-22-6-10-25(28)11-7-22/h3-12,17,29-30H,1-2,13-16,18-19H2. The van der Waals surface area contributed by atoms with E-state index in [9.17, 15) is 8.78 Å². The van der Waals surface area contributed by atoms with Crippen LogP contribution in [-0.2, 0) is 17.8 Å². The molecule has 0 radical (unpaired) electrons. The molecular weight excluding hydrogens is 408 g/mol. The van der Waals surface area contributed by atoms with Crippen LogP contribution < -0.4 is 10.6 Å². The molecule has 168 valence electrons. The van der Waals surface area contributed by atoms with Crippen molar-refractivity contribution in [2.75, 3.05) is 19.8 Å². The van der Waals surface area contributed by atoms with Crippen molar-refractivity contribution in [2.45, 2.75) is 25.9 Å². The smallest absolute Gasteiger partial charge is 0.123 e. The normalized spacial score (nSPS) is 13.3. The van der Waals surface area contributed by atoms with Crippen molar-refractivity contribution in [3.05, 3.63) is 108 Å². The maximum Gasteiger partial charge on any atom is 0.123 e. The van der Waals surface area contributed by atoms with E-state index in [1.54, 1.807) is 24.4 Å². The second kappa shape index (κ2) is 12.7. The highest BCUT2D eigenvalue weighted by molar-refractivity contribution is 5.58.